The van der Waals surface area contributed by atoms with Crippen molar-refractivity contribution in [2.75, 3.05) is 26.2 Å². The Morgan fingerprint density at radius 2 is 1.88 bits per heavy atom. The van der Waals surface area contributed by atoms with Gasteiger partial charge in [-0.3, -0.25) is 4.79 Å². The lowest BCUT2D eigenvalue weighted by Crippen LogP contribution is -2.51. The summed E-state index contributed by atoms with van der Waals surface area (Å²) in [4.78, 5) is 14.3. The monoisotopic (exact) mass is 386 g/mol. The lowest BCUT2D eigenvalue weighted by molar-refractivity contribution is 0.0724. The van der Waals surface area contributed by atoms with E-state index in [1.165, 1.54) is 4.31 Å². The van der Waals surface area contributed by atoms with Gasteiger partial charge in [0.05, 0.1) is 11.4 Å². The molecule has 0 bridgehead atoms. The Bertz CT molecular complexity index is 732. The van der Waals surface area contributed by atoms with Crippen LogP contribution in [0.25, 0.3) is 0 Å². The van der Waals surface area contributed by atoms with Crippen molar-refractivity contribution in [1.29, 1.82) is 0 Å². The fourth-order valence-corrected chi connectivity index (χ4v) is 5.64. The highest BCUT2D eigenvalue weighted by Crippen LogP contribution is 2.25. The number of aliphatic hydroxyl groups excluding tert-OH is 1. The van der Waals surface area contributed by atoms with Crippen LogP contribution in [0.4, 0.5) is 0 Å². The summed E-state index contributed by atoms with van der Waals surface area (Å²) in [5.41, 5.74) is 0.478. The summed E-state index contributed by atoms with van der Waals surface area (Å²) in [5, 5.41) is 9.48. The van der Waals surface area contributed by atoms with E-state index < -0.39 is 21.4 Å². The number of amides is 1. The fourth-order valence-electron chi connectivity index (χ4n) is 3.48. The van der Waals surface area contributed by atoms with Gasteiger partial charge in [-0.05, 0) is 43.9 Å². The number of piperidine rings is 2. The first-order chi connectivity index (χ1) is 11.9. The van der Waals surface area contributed by atoms with Crippen LogP contribution in [-0.4, -0.2) is 66.2 Å². The van der Waals surface area contributed by atoms with Gasteiger partial charge in [0.2, 0.25) is 10.0 Å². The topological polar surface area (TPSA) is 77.9 Å². The molecule has 0 aromatic heterocycles. The molecule has 2 heterocycles. The van der Waals surface area contributed by atoms with Crippen molar-refractivity contribution in [3.05, 3.63) is 34.9 Å². The van der Waals surface area contributed by atoms with Crippen LogP contribution in [0.1, 0.15) is 36.0 Å². The molecule has 0 aliphatic carbocycles. The second kappa shape index (κ2) is 7.61. The molecule has 6 nitrogen and oxygen atoms in total. The van der Waals surface area contributed by atoms with Crippen LogP contribution in [0.5, 0.6) is 0 Å². The lowest BCUT2D eigenvalue weighted by Gasteiger charge is -2.37. The molecular weight excluding hydrogens is 364 g/mol. The van der Waals surface area contributed by atoms with Gasteiger partial charge < -0.3 is 10.0 Å². The zero-order valence-electron chi connectivity index (χ0n) is 14.0. The smallest absolute Gasteiger partial charge is 0.253 e. The van der Waals surface area contributed by atoms with Crippen LogP contribution in [0.3, 0.4) is 0 Å². The third kappa shape index (κ3) is 4.16. The summed E-state index contributed by atoms with van der Waals surface area (Å²) >= 11 is 5.95. The maximum Gasteiger partial charge on any atom is 0.253 e. The van der Waals surface area contributed by atoms with Crippen molar-refractivity contribution in [1.82, 2.24) is 9.21 Å². The number of rotatable bonds is 3. The molecule has 138 valence electrons. The van der Waals surface area contributed by atoms with Crippen LogP contribution in [0.15, 0.2) is 24.3 Å². The SMILES string of the molecule is O=C(c1cccc(Cl)c1)N1CCC[C@@H](S(=O)(=O)N2CCC(O)CC2)C1. The van der Waals surface area contributed by atoms with Crippen molar-refractivity contribution < 1.29 is 18.3 Å². The zero-order valence-corrected chi connectivity index (χ0v) is 15.5. The molecule has 0 spiro atoms. The van der Waals surface area contributed by atoms with E-state index in [9.17, 15) is 18.3 Å². The summed E-state index contributed by atoms with van der Waals surface area (Å²) in [6.45, 7) is 1.45. The standard InChI is InChI=1S/C17H23ClN2O4S/c18-14-4-1-3-13(11-14)17(22)19-8-2-5-16(12-19)25(23,24)20-9-6-15(21)7-10-20/h1,3-4,11,15-16,21H,2,5-10,12H2/t16-/m1/s1. The molecule has 2 aliphatic rings. The molecule has 2 aliphatic heterocycles. The average molecular weight is 387 g/mol. The molecule has 8 heteroatoms. The molecule has 3 rings (SSSR count). The number of carbonyl (C=O) groups is 1. The first kappa shape index (κ1) is 18.6. The summed E-state index contributed by atoms with van der Waals surface area (Å²) < 4.78 is 27.3. The van der Waals surface area contributed by atoms with Gasteiger partial charge in [-0.25, -0.2) is 12.7 Å². The third-order valence-corrected chi connectivity index (χ3v) is 7.49. The molecule has 1 aromatic carbocycles. The summed E-state index contributed by atoms with van der Waals surface area (Å²) in [7, 11) is -3.46. The minimum absolute atomic E-state index is 0.184. The molecule has 2 saturated heterocycles. The van der Waals surface area contributed by atoms with Gasteiger partial charge in [0.25, 0.3) is 5.91 Å². The Labute approximate surface area is 153 Å². The number of likely N-dealkylation sites (tertiary alicyclic amines) is 1. The van der Waals surface area contributed by atoms with Gasteiger partial charge in [0.1, 0.15) is 0 Å². The van der Waals surface area contributed by atoms with Gasteiger partial charge in [0, 0.05) is 36.8 Å². The van der Waals surface area contributed by atoms with Crippen molar-refractivity contribution in [2.24, 2.45) is 0 Å². The number of sulfonamides is 1. The van der Waals surface area contributed by atoms with Gasteiger partial charge in [-0.15, -0.1) is 0 Å². The largest absolute Gasteiger partial charge is 0.393 e. The van der Waals surface area contributed by atoms with E-state index in [1.807, 2.05) is 0 Å². The Morgan fingerprint density at radius 1 is 1.16 bits per heavy atom. The Hall–Kier alpha value is -1.15. The zero-order chi connectivity index (χ0) is 18.0. The number of aliphatic hydroxyl groups is 1. The average Bonchev–Trinajstić information content (AvgIpc) is 2.61. The van der Waals surface area contributed by atoms with Crippen LogP contribution < -0.4 is 0 Å². The summed E-state index contributed by atoms with van der Waals surface area (Å²) in [6.07, 6.45) is 1.74. The maximum absolute atomic E-state index is 12.9. The molecule has 0 saturated carbocycles. The van der Waals surface area contributed by atoms with Crippen LogP contribution in [-0.2, 0) is 10.0 Å². The maximum atomic E-state index is 12.9. The highest BCUT2D eigenvalue weighted by molar-refractivity contribution is 7.89. The quantitative estimate of drug-likeness (QED) is 0.858. The number of nitrogens with zero attached hydrogens (tertiary/aromatic N) is 2. The minimum Gasteiger partial charge on any atom is -0.393 e. The van der Waals surface area contributed by atoms with Gasteiger partial charge in [0.15, 0.2) is 0 Å². The molecule has 1 N–H and O–H groups in total. The van der Waals surface area contributed by atoms with Crippen molar-refractivity contribution in [3.63, 3.8) is 0 Å². The Kier molecular flexibility index (Phi) is 5.68. The fraction of sp³-hybridized carbons (Fsp3) is 0.588. The number of halogens is 1. The van der Waals surface area contributed by atoms with Crippen LogP contribution in [0.2, 0.25) is 5.02 Å². The predicted molar refractivity (Wildman–Crippen MR) is 96.1 cm³/mol. The molecular formula is C17H23ClN2O4S. The van der Waals surface area contributed by atoms with E-state index in [0.29, 0.717) is 55.9 Å². The van der Waals surface area contributed by atoms with Crippen LogP contribution in [0, 0.1) is 0 Å². The first-order valence-electron chi connectivity index (χ1n) is 8.60. The van der Waals surface area contributed by atoms with E-state index in [2.05, 4.69) is 0 Å². The van der Waals surface area contributed by atoms with E-state index in [0.717, 1.165) is 0 Å². The Balaban J connectivity index is 1.71. The Morgan fingerprint density at radius 3 is 2.56 bits per heavy atom. The third-order valence-electron chi connectivity index (χ3n) is 4.94. The van der Waals surface area contributed by atoms with E-state index in [1.54, 1.807) is 29.2 Å². The molecule has 1 atom stereocenters. The van der Waals surface area contributed by atoms with Crippen molar-refractivity contribution in [3.8, 4) is 0 Å². The molecule has 0 unspecified atom stereocenters. The number of hydrogen-bond donors (Lipinski definition) is 1. The van der Waals surface area contributed by atoms with Gasteiger partial charge in [-0.2, -0.15) is 0 Å². The number of benzene rings is 1. The first-order valence-corrected chi connectivity index (χ1v) is 10.5. The van der Waals surface area contributed by atoms with Crippen LogP contribution >= 0.6 is 11.6 Å². The second-order valence-electron chi connectivity index (χ2n) is 6.70. The van der Waals surface area contributed by atoms with E-state index in [4.69, 9.17) is 11.6 Å². The molecule has 0 radical (unpaired) electrons. The normalized spacial score (nSPS) is 23.6. The second-order valence-corrected chi connectivity index (χ2v) is 9.35. The molecule has 25 heavy (non-hydrogen) atoms. The molecule has 1 amide bonds. The van der Waals surface area contributed by atoms with Crippen molar-refractivity contribution >= 4 is 27.5 Å². The predicted octanol–water partition coefficient (Wildman–Crippen LogP) is 1.73. The summed E-state index contributed by atoms with van der Waals surface area (Å²) in [6, 6.07) is 6.71. The van der Waals surface area contributed by atoms with Crippen molar-refractivity contribution in [2.45, 2.75) is 37.0 Å². The lowest BCUT2D eigenvalue weighted by atomic mass is 10.1. The van der Waals surface area contributed by atoms with E-state index in [-0.39, 0.29) is 12.5 Å². The van der Waals surface area contributed by atoms with E-state index >= 15 is 0 Å². The minimum atomic E-state index is -3.46. The highest BCUT2D eigenvalue weighted by Gasteiger charge is 2.38. The molecule has 1 aromatic rings. The van der Waals surface area contributed by atoms with Gasteiger partial charge in [-0.1, -0.05) is 17.7 Å². The number of carbonyl (C=O) groups excluding carboxylic acids is 1. The summed E-state index contributed by atoms with van der Waals surface area (Å²) in [5.74, 6) is -0.184. The molecule has 2 fully saturated rings. The number of hydrogen-bond acceptors (Lipinski definition) is 4. The highest BCUT2D eigenvalue weighted by atomic mass is 35.5. The van der Waals surface area contributed by atoms with Gasteiger partial charge >= 0.3 is 0 Å².